The molecule has 19 heavy (non-hydrogen) atoms. The fraction of sp³-hybridized carbons (Fsp3) is 0.154. The molecule has 0 unspecified atom stereocenters. The summed E-state index contributed by atoms with van der Waals surface area (Å²) < 4.78 is 5.02. The normalized spacial score (nSPS) is 13.4. The van der Waals surface area contributed by atoms with Gasteiger partial charge in [0, 0.05) is 11.6 Å². The van der Waals surface area contributed by atoms with Crippen molar-refractivity contribution in [3.05, 3.63) is 35.9 Å². The summed E-state index contributed by atoms with van der Waals surface area (Å²) in [4.78, 5) is 35.4. The van der Waals surface area contributed by atoms with Gasteiger partial charge in [-0.05, 0) is 12.1 Å². The van der Waals surface area contributed by atoms with Crippen LogP contribution in [0.2, 0.25) is 0 Å². The van der Waals surface area contributed by atoms with Crippen LogP contribution in [0.4, 0.5) is 5.69 Å². The van der Waals surface area contributed by atoms with Crippen molar-refractivity contribution in [2.45, 2.75) is 0 Å². The van der Waals surface area contributed by atoms with E-state index in [0.717, 1.165) is 4.90 Å². The highest BCUT2D eigenvalue weighted by Crippen LogP contribution is 2.32. The zero-order chi connectivity index (χ0) is 14.2. The highest BCUT2D eigenvalue weighted by molar-refractivity contribution is 6.52. The Hall–Kier alpha value is -2.63. The number of hydrogen-bond donors (Lipinski definition) is 1. The fourth-order valence-corrected chi connectivity index (χ4v) is 1.82. The quantitative estimate of drug-likeness (QED) is 0.642. The smallest absolute Gasteiger partial charge is 0.332 e. The van der Waals surface area contributed by atoms with Crippen molar-refractivity contribution >= 4 is 23.3 Å². The third-order valence-electron chi connectivity index (χ3n) is 2.83. The van der Waals surface area contributed by atoms with Gasteiger partial charge in [-0.3, -0.25) is 14.5 Å². The lowest BCUT2D eigenvalue weighted by molar-refractivity contribution is -0.132. The van der Waals surface area contributed by atoms with Gasteiger partial charge in [0.1, 0.15) is 5.75 Å². The van der Waals surface area contributed by atoms with Gasteiger partial charge in [0.05, 0.1) is 24.9 Å². The van der Waals surface area contributed by atoms with Gasteiger partial charge in [-0.15, -0.1) is 0 Å². The predicted molar refractivity (Wildman–Crippen MR) is 66.5 cm³/mol. The summed E-state index contributed by atoms with van der Waals surface area (Å²) in [6, 6.07) is 4.57. The third kappa shape index (κ3) is 2.08. The Morgan fingerprint density at radius 2 is 2.11 bits per heavy atom. The maximum Gasteiger partial charge on any atom is 0.332 e. The number of amides is 1. The largest absolute Gasteiger partial charge is 0.497 e. The number of hydrogen-bond acceptors (Lipinski definition) is 4. The van der Waals surface area contributed by atoms with Crippen LogP contribution in [0.5, 0.6) is 5.75 Å². The molecular formula is C13H11NO5. The highest BCUT2D eigenvalue weighted by atomic mass is 16.5. The standard InChI is InChI=1S/C13H11NO5/c1-7(13(17)18)6-14-10-5-8(19-2)3-4-9(10)11(15)12(14)16/h3-5H,1,6H2,2H3,(H,17,18). The highest BCUT2D eigenvalue weighted by Gasteiger charge is 2.36. The van der Waals surface area contributed by atoms with Crippen LogP contribution in [0.15, 0.2) is 30.4 Å². The van der Waals surface area contributed by atoms with E-state index in [2.05, 4.69) is 6.58 Å². The molecule has 1 aromatic carbocycles. The first-order chi connectivity index (χ1) is 8.95. The number of ether oxygens (including phenoxy) is 1. The SMILES string of the molecule is C=C(CN1C(=O)C(=O)c2ccc(OC)cc21)C(=O)O. The summed E-state index contributed by atoms with van der Waals surface area (Å²) in [6.45, 7) is 3.12. The zero-order valence-electron chi connectivity index (χ0n) is 10.2. The van der Waals surface area contributed by atoms with E-state index in [1.165, 1.54) is 19.2 Å². The van der Waals surface area contributed by atoms with Gasteiger partial charge in [-0.1, -0.05) is 6.58 Å². The molecule has 1 aliphatic rings. The van der Waals surface area contributed by atoms with Crippen LogP contribution >= 0.6 is 0 Å². The molecule has 1 N–H and O–H groups in total. The van der Waals surface area contributed by atoms with Gasteiger partial charge in [0.2, 0.25) is 0 Å². The number of carbonyl (C=O) groups is 3. The van der Waals surface area contributed by atoms with Gasteiger partial charge in [-0.2, -0.15) is 0 Å². The number of rotatable bonds is 4. The van der Waals surface area contributed by atoms with Crippen LogP contribution < -0.4 is 9.64 Å². The number of ketones is 1. The van der Waals surface area contributed by atoms with Crippen molar-refractivity contribution in [1.29, 1.82) is 0 Å². The summed E-state index contributed by atoms with van der Waals surface area (Å²) in [5, 5.41) is 8.80. The Morgan fingerprint density at radius 1 is 1.42 bits per heavy atom. The van der Waals surface area contributed by atoms with Gasteiger partial charge in [0.25, 0.3) is 11.7 Å². The van der Waals surface area contributed by atoms with E-state index in [0.29, 0.717) is 11.4 Å². The van der Waals surface area contributed by atoms with Crippen molar-refractivity contribution in [2.24, 2.45) is 0 Å². The Balaban J connectivity index is 2.42. The summed E-state index contributed by atoms with van der Waals surface area (Å²) in [7, 11) is 1.46. The summed E-state index contributed by atoms with van der Waals surface area (Å²) >= 11 is 0. The topological polar surface area (TPSA) is 83.9 Å². The molecule has 0 atom stereocenters. The maximum absolute atomic E-state index is 11.8. The van der Waals surface area contributed by atoms with Gasteiger partial charge in [-0.25, -0.2) is 4.79 Å². The molecular weight excluding hydrogens is 250 g/mol. The summed E-state index contributed by atoms with van der Waals surface area (Å²) in [6.07, 6.45) is 0. The molecule has 1 heterocycles. The van der Waals surface area contributed by atoms with Gasteiger partial charge < -0.3 is 9.84 Å². The first-order valence-corrected chi connectivity index (χ1v) is 5.41. The molecule has 0 aromatic heterocycles. The van der Waals surface area contributed by atoms with E-state index >= 15 is 0 Å². The first kappa shape index (κ1) is 12.8. The van der Waals surface area contributed by atoms with Crippen LogP contribution in [0, 0.1) is 0 Å². The van der Waals surface area contributed by atoms with Crippen LogP contribution in [0.1, 0.15) is 10.4 Å². The third-order valence-corrected chi connectivity index (χ3v) is 2.83. The lowest BCUT2D eigenvalue weighted by Crippen LogP contribution is -2.32. The van der Waals surface area contributed by atoms with Gasteiger partial charge >= 0.3 is 5.97 Å². The van der Waals surface area contributed by atoms with E-state index in [1.807, 2.05) is 0 Å². The Morgan fingerprint density at radius 3 is 2.68 bits per heavy atom. The zero-order valence-corrected chi connectivity index (χ0v) is 10.2. The minimum absolute atomic E-state index is 0.170. The van der Waals surface area contributed by atoms with Crippen molar-refractivity contribution in [3.63, 3.8) is 0 Å². The second kappa shape index (κ2) is 4.56. The van der Waals surface area contributed by atoms with Crippen molar-refractivity contribution in [1.82, 2.24) is 0 Å². The number of fused-ring (bicyclic) bond motifs is 1. The minimum atomic E-state index is -1.21. The molecule has 0 spiro atoms. The Labute approximate surface area is 108 Å². The number of carbonyl (C=O) groups excluding carboxylic acids is 2. The molecule has 1 aliphatic heterocycles. The van der Waals surface area contributed by atoms with Crippen LogP contribution in [0.3, 0.4) is 0 Å². The number of nitrogens with zero attached hydrogens (tertiary/aromatic N) is 1. The second-order valence-corrected chi connectivity index (χ2v) is 4.01. The monoisotopic (exact) mass is 261 g/mol. The Bertz CT molecular complexity index is 605. The van der Waals surface area contributed by atoms with Crippen molar-refractivity contribution in [3.8, 4) is 5.75 Å². The van der Waals surface area contributed by atoms with E-state index < -0.39 is 17.7 Å². The molecule has 0 aliphatic carbocycles. The van der Waals surface area contributed by atoms with Crippen LogP contribution in [-0.4, -0.2) is 36.4 Å². The molecule has 0 saturated heterocycles. The number of carboxylic acid groups (broad SMARTS) is 1. The Kier molecular flexibility index (Phi) is 3.08. The molecule has 6 nitrogen and oxygen atoms in total. The lowest BCUT2D eigenvalue weighted by Gasteiger charge is -2.16. The second-order valence-electron chi connectivity index (χ2n) is 4.01. The van der Waals surface area contributed by atoms with Crippen molar-refractivity contribution in [2.75, 3.05) is 18.6 Å². The van der Waals surface area contributed by atoms with E-state index in [1.54, 1.807) is 6.07 Å². The van der Waals surface area contributed by atoms with E-state index in [4.69, 9.17) is 9.84 Å². The molecule has 0 radical (unpaired) electrons. The van der Waals surface area contributed by atoms with E-state index in [9.17, 15) is 14.4 Å². The van der Waals surface area contributed by atoms with E-state index in [-0.39, 0.29) is 17.7 Å². The molecule has 0 fully saturated rings. The first-order valence-electron chi connectivity index (χ1n) is 5.41. The molecule has 6 heteroatoms. The number of methoxy groups -OCH3 is 1. The minimum Gasteiger partial charge on any atom is -0.497 e. The number of aliphatic carboxylic acids is 1. The number of anilines is 1. The number of benzene rings is 1. The summed E-state index contributed by atoms with van der Waals surface area (Å²) in [5.41, 5.74) is 0.414. The molecule has 0 bridgehead atoms. The fourth-order valence-electron chi connectivity index (χ4n) is 1.82. The molecule has 98 valence electrons. The summed E-state index contributed by atoms with van der Waals surface area (Å²) in [5.74, 6) is -2.15. The number of Topliss-reactive ketones (excluding diaryl/α,β-unsaturated/α-hetero) is 1. The van der Waals surface area contributed by atoms with Crippen LogP contribution in [-0.2, 0) is 9.59 Å². The molecule has 2 rings (SSSR count). The molecule has 0 saturated carbocycles. The molecule has 1 amide bonds. The van der Waals surface area contributed by atoms with Gasteiger partial charge in [0.15, 0.2) is 0 Å². The van der Waals surface area contributed by atoms with Crippen molar-refractivity contribution < 1.29 is 24.2 Å². The predicted octanol–water partition coefficient (Wildman–Crippen LogP) is 0.865. The lowest BCUT2D eigenvalue weighted by atomic mass is 10.1. The molecule has 1 aromatic rings. The average Bonchev–Trinajstić information content (AvgIpc) is 2.63. The number of carboxylic acids is 1. The average molecular weight is 261 g/mol. The maximum atomic E-state index is 11.8. The van der Waals surface area contributed by atoms with Crippen LogP contribution in [0.25, 0.3) is 0 Å².